The third kappa shape index (κ3) is 4.51. The summed E-state index contributed by atoms with van der Waals surface area (Å²) >= 11 is 0. The van der Waals surface area contributed by atoms with Gasteiger partial charge in [-0.1, -0.05) is 26.8 Å². The minimum Gasteiger partial charge on any atom is -0.481 e. The van der Waals surface area contributed by atoms with Crippen LogP contribution in [-0.2, 0) is 16.8 Å². The maximum atomic E-state index is 6.44. The number of nitrogen functional groups attached to an aromatic ring is 1. The van der Waals surface area contributed by atoms with Crippen molar-refractivity contribution in [3.63, 3.8) is 0 Å². The number of aryl methyl sites for hydroxylation is 2. The highest BCUT2D eigenvalue weighted by molar-refractivity contribution is 5.42. The first-order valence-electron chi connectivity index (χ1n) is 9.21. The number of hydrogen-bond acceptors (Lipinski definition) is 4. The van der Waals surface area contributed by atoms with Crippen LogP contribution < -0.4 is 10.5 Å². The average Bonchev–Trinajstić information content (AvgIpc) is 2.66. The molecule has 0 atom stereocenters. The number of nitrogens with zero attached hydrogens (tertiary/aromatic N) is 1. The molecule has 2 N–H and O–H groups in total. The number of nitrogens with two attached hydrogens (primary N) is 1. The summed E-state index contributed by atoms with van der Waals surface area (Å²) in [6.45, 7) is 9.63. The molecule has 3 rings (SSSR count). The lowest BCUT2D eigenvalue weighted by molar-refractivity contribution is -0.0530. The standard InChI is InChI=1S/C19H24N2O2.C2H6/c1-3-15-12-14(2)18(21-13-15)19(8-10-22-11-9-19)23-17-6-4-16(20)5-7-17;1-2/h4-7,12-13H,3,8-11,20H2,1-2H3;1-2H3. The predicted molar refractivity (Wildman–Crippen MR) is 103 cm³/mol. The lowest BCUT2D eigenvalue weighted by Crippen LogP contribution is -2.40. The van der Waals surface area contributed by atoms with E-state index in [0.717, 1.165) is 36.4 Å². The van der Waals surface area contributed by atoms with Crippen molar-refractivity contribution < 1.29 is 9.47 Å². The van der Waals surface area contributed by atoms with Gasteiger partial charge in [-0.2, -0.15) is 0 Å². The van der Waals surface area contributed by atoms with Crippen LogP contribution in [0.25, 0.3) is 0 Å². The molecule has 0 radical (unpaired) electrons. The number of pyridine rings is 1. The van der Waals surface area contributed by atoms with Crippen LogP contribution in [0, 0.1) is 6.92 Å². The van der Waals surface area contributed by atoms with Crippen LogP contribution in [0.15, 0.2) is 36.5 Å². The number of ether oxygens (including phenoxy) is 2. The van der Waals surface area contributed by atoms with Gasteiger partial charge in [-0.25, -0.2) is 0 Å². The van der Waals surface area contributed by atoms with Crippen molar-refractivity contribution in [2.75, 3.05) is 18.9 Å². The first kappa shape index (κ1) is 19.3. The predicted octanol–water partition coefficient (Wildman–Crippen LogP) is 4.65. The van der Waals surface area contributed by atoms with E-state index in [0.29, 0.717) is 13.2 Å². The lowest BCUT2D eigenvalue weighted by atomic mass is 9.87. The summed E-state index contributed by atoms with van der Waals surface area (Å²) in [7, 11) is 0. The van der Waals surface area contributed by atoms with Crippen molar-refractivity contribution in [1.82, 2.24) is 4.98 Å². The molecule has 1 aliphatic heterocycles. The third-order valence-corrected chi connectivity index (χ3v) is 4.47. The van der Waals surface area contributed by atoms with Crippen molar-refractivity contribution in [1.29, 1.82) is 0 Å². The second kappa shape index (κ2) is 8.86. The number of anilines is 1. The zero-order valence-electron chi connectivity index (χ0n) is 15.8. The number of rotatable bonds is 4. The van der Waals surface area contributed by atoms with Crippen molar-refractivity contribution in [3.05, 3.63) is 53.3 Å². The molecule has 0 unspecified atom stereocenters. The molecular formula is C21H30N2O2. The smallest absolute Gasteiger partial charge is 0.155 e. The Balaban J connectivity index is 0.00000109. The van der Waals surface area contributed by atoms with Gasteiger partial charge in [0.1, 0.15) is 5.75 Å². The summed E-state index contributed by atoms with van der Waals surface area (Å²) < 4.78 is 12.0. The first-order valence-corrected chi connectivity index (χ1v) is 9.21. The quantitative estimate of drug-likeness (QED) is 0.822. The van der Waals surface area contributed by atoms with E-state index < -0.39 is 5.60 Å². The molecule has 2 aromatic rings. The zero-order valence-corrected chi connectivity index (χ0v) is 15.8. The molecule has 0 saturated carbocycles. The second-order valence-electron chi connectivity index (χ2n) is 6.14. The highest BCUT2D eigenvalue weighted by Gasteiger charge is 2.39. The Labute approximate surface area is 151 Å². The summed E-state index contributed by atoms with van der Waals surface area (Å²) in [6.07, 6.45) is 4.56. The van der Waals surface area contributed by atoms with Gasteiger partial charge in [-0.3, -0.25) is 4.98 Å². The minimum atomic E-state index is -0.426. The third-order valence-electron chi connectivity index (χ3n) is 4.47. The highest BCUT2D eigenvalue weighted by atomic mass is 16.5. The molecule has 1 fully saturated rings. The van der Waals surface area contributed by atoms with E-state index in [1.54, 1.807) is 0 Å². The van der Waals surface area contributed by atoms with Crippen LogP contribution in [0.3, 0.4) is 0 Å². The summed E-state index contributed by atoms with van der Waals surface area (Å²) in [5.41, 5.74) is 9.54. The molecule has 4 heteroatoms. The summed E-state index contributed by atoms with van der Waals surface area (Å²) in [4.78, 5) is 4.75. The molecular weight excluding hydrogens is 312 g/mol. The van der Waals surface area contributed by atoms with Gasteiger partial charge in [-0.15, -0.1) is 0 Å². The summed E-state index contributed by atoms with van der Waals surface area (Å²) in [6, 6.07) is 9.78. The van der Waals surface area contributed by atoms with Gasteiger partial charge in [-0.05, 0) is 48.7 Å². The van der Waals surface area contributed by atoms with Crippen molar-refractivity contribution in [2.24, 2.45) is 0 Å². The fraction of sp³-hybridized carbons (Fsp3) is 0.476. The van der Waals surface area contributed by atoms with Gasteiger partial charge in [0.25, 0.3) is 0 Å². The minimum absolute atomic E-state index is 0.426. The molecule has 1 aromatic heterocycles. The van der Waals surface area contributed by atoms with E-state index >= 15 is 0 Å². The van der Waals surface area contributed by atoms with Gasteiger partial charge in [0.2, 0.25) is 0 Å². The zero-order chi connectivity index (χ0) is 18.3. The van der Waals surface area contributed by atoms with Crippen LogP contribution in [-0.4, -0.2) is 18.2 Å². The molecule has 2 heterocycles. The highest BCUT2D eigenvalue weighted by Crippen LogP contribution is 2.38. The Morgan fingerprint density at radius 2 is 1.80 bits per heavy atom. The molecule has 0 amide bonds. The van der Waals surface area contributed by atoms with Gasteiger partial charge in [0.05, 0.1) is 18.9 Å². The van der Waals surface area contributed by atoms with Crippen molar-refractivity contribution >= 4 is 5.69 Å². The normalized spacial score (nSPS) is 15.8. The van der Waals surface area contributed by atoms with Crippen LogP contribution in [0.4, 0.5) is 5.69 Å². The van der Waals surface area contributed by atoms with Crippen molar-refractivity contribution in [3.8, 4) is 5.75 Å². The molecule has 136 valence electrons. The molecule has 0 spiro atoms. The fourth-order valence-corrected chi connectivity index (χ4v) is 3.15. The Kier molecular flexibility index (Phi) is 6.82. The van der Waals surface area contributed by atoms with Crippen LogP contribution in [0.1, 0.15) is 50.4 Å². The Morgan fingerprint density at radius 3 is 2.36 bits per heavy atom. The summed E-state index contributed by atoms with van der Waals surface area (Å²) in [5.74, 6) is 0.821. The Morgan fingerprint density at radius 1 is 1.16 bits per heavy atom. The van der Waals surface area contributed by atoms with E-state index in [2.05, 4.69) is 19.9 Å². The van der Waals surface area contributed by atoms with Gasteiger partial charge < -0.3 is 15.2 Å². The second-order valence-corrected chi connectivity index (χ2v) is 6.14. The molecule has 4 nitrogen and oxygen atoms in total. The van der Waals surface area contributed by atoms with E-state index in [-0.39, 0.29) is 0 Å². The topological polar surface area (TPSA) is 57.4 Å². The van der Waals surface area contributed by atoms with Gasteiger partial charge in [0.15, 0.2) is 5.60 Å². The Hall–Kier alpha value is -2.07. The monoisotopic (exact) mass is 342 g/mol. The van der Waals surface area contributed by atoms with Crippen LogP contribution in [0.5, 0.6) is 5.75 Å². The Bertz CT molecular complexity index is 662. The van der Waals surface area contributed by atoms with Crippen LogP contribution >= 0.6 is 0 Å². The number of benzene rings is 1. The molecule has 0 aliphatic carbocycles. The largest absolute Gasteiger partial charge is 0.481 e. The maximum Gasteiger partial charge on any atom is 0.155 e. The number of aromatic nitrogens is 1. The van der Waals surface area contributed by atoms with Crippen LogP contribution in [0.2, 0.25) is 0 Å². The number of hydrogen-bond donors (Lipinski definition) is 1. The summed E-state index contributed by atoms with van der Waals surface area (Å²) in [5, 5.41) is 0. The molecule has 0 bridgehead atoms. The lowest BCUT2D eigenvalue weighted by Gasteiger charge is -2.38. The van der Waals surface area contributed by atoms with Gasteiger partial charge >= 0.3 is 0 Å². The van der Waals surface area contributed by atoms with E-state index in [1.807, 2.05) is 44.3 Å². The molecule has 1 aliphatic rings. The molecule has 1 saturated heterocycles. The van der Waals surface area contributed by atoms with Gasteiger partial charge in [0, 0.05) is 24.7 Å². The fourth-order valence-electron chi connectivity index (χ4n) is 3.15. The molecule has 1 aromatic carbocycles. The average molecular weight is 342 g/mol. The van der Waals surface area contributed by atoms with E-state index in [1.165, 1.54) is 11.1 Å². The first-order chi connectivity index (χ1) is 12.1. The SMILES string of the molecule is CC.CCc1cnc(C2(Oc3ccc(N)cc3)CCOCC2)c(C)c1. The van der Waals surface area contributed by atoms with E-state index in [4.69, 9.17) is 20.2 Å². The van der Waals surface area contributed by atoms with E-state index in [9.17, 15) is 0 Å². The van der Waals surface area contributed by atoms with Crippen molar-refractivity contribution in [2.45, 2.75) is 52.6 Å². The maximum absolute atomic E-state index is 6.44. The molecule has 25 heavy (non-hydrogen) atoms.